The fourth-order valence-corrected chi connectivity index (χ4v) is 1.81. The normalized spacial score (nSPS) is 12.3. The second-order valence-electron chi connectivity index (χ2n) is 4.13. The summed E-state index contributed by atoms with van der Waals surface area (Å²) in [4.78, 5) is 11.2. The van der Waals surface area contributed by atoms with E-state index in [1.807, 2.05) is 26.0 Å². The Labute approximate surface area is 102 Å². The van der Waals surface area contributed by atoms with Crippen molar-refractivity contribution in [2.24, 2.45) is 5.92 Å². The van der Waals surface area contributed by atoms with Gasteiger partial charge in [-0.2, -0.15) is 0 Å². The van der Waals surface area contributed by atoms with Crippen LogP contribution in [0.15, 0.2) is 12.1 Å². The minimum Gasteiger partial charge on any atom is -0.495 e. The number of halogens is 1. The number of methoxy groups -OCH3 is 1. The van der Waals surface area contributed by atoms with Gasteiger partial charge in [0.2, 0.25) is 0 Å². The lowest BCUT2D eigenvalue weighted by atomic mass is 9.95. The van der Waals surface area contributed by atoms with Crippen LogP contribution in [0.1, 0.15) is 25.0 Å². The number of ketones is 1. The first kappa shape index (κ1) is 13.0. The number of Topliss-reactive ketones (excluding diaryl/α,β-unsaturated/α-hetero) is 1. The van der Waals surface area contributed by atoms with Crippen LogP contribution in [0, 0.1) is 12.8 Å². The minimum atomic E-state index is 0.0307. The second kappa shape index (κ2) is 5.35. The Morgan fingerprint density at radius 3 is 2.62 bits per heavy atom. The van der Waals surface area contributed by atoms with Gasteiger partial charge in [-0.25, -0.2) is 0 Å². The topological polar surface area (TPSA) is 26.3 Å². The molecule has 0 saturated carbocycles. The molecular weight excluding hydrogens is 224 g/mol. The van der Waals surface area contributed by atoms with Gasteiger partial charge < -0.3 is 4.74 Å². The van der Waals surface area contributed by atoms with Crippen molar-refractivity contribution >= 4 is 17.4 Å². The van der Waals surface area contributed by atoms with Crippen molar-refractivity contribution in [3.63, 3.8) is 0 Å². The Hall–Kier alpha value is -1.02. The van der Waals surface area contributed by atoms with Crippen molar-refractivity contribution in [1.29, 1.82) is 0 Å². The van der Waals surface area contributed by atoms with E-state index in [1.54, 1.807) is 14.0 Å². The number of hydrogen-bond donors (Lipinski definition) is 0. The third-order valence-corrected chi connectivity index (χ3v) is 3.13. The Bertz CT molecular complexity index is 399. The van der Waals surface area contributed by atoms with E-state index < -0.39 is 0 Å². The van der Waals surface area contributed by atoms with Gasteiger partial charge in [-0.1, -0.05) is 18.5 Å². The third kappa shape index (κ3) is 2.99. The fraction of sp³-hybridized carbons (Fsp3) is 0.462. The van der Waals surface area contributed by atoms with Gasteiger partial charge in [-0.3, -0.25) is 4.79 Å². The first-order valence-electron chi connectivity index (χ1n) is 5.29. The first-order valence-corrected chi connectivity index (χ1v) is 5.67. The number of ether oxygens (including phenoxy) is 1. The summed E-state index contributed by atoms with van der Waals surface area (Å²) in [5.74, 6) is 0.910. The van der Waals surface area contributed by atoms with Crippen LogP contribution in [-0.2, 0) is 11.2 Å². The van der Waals surface area contributed by atoms with Gasteiger partial charge >= 0.3 is 0 Å². The molecule has 0 saturated heterocycles. The number of hydrogen-bond acceptors (Lipinski definition) is 2. The molecule has 88 valence electrons. The highest BCUT2D eigenvalue weighted by Crippen LogP contribution is 2.29. The number of aryl methyl sites for hydroxylation is 1. The van der Waals surface area contributed by atoms with E-state index in [0.717, 1.165) is 17.5 Å². The summed E-state index contributed by atoms with van der Waals surface area (Å²) in [5.41, 5.74) is 2.21. The predicted molar refractivity (Wildman–Crippen MR) is 66.3 cm³/mol. The highest BCUT2D eigenvalue weighted by atomic mass is 35.5. The maximum absolute atomic E-state index is 11.2. The van der Waals surface area contributed by atoms with E-state index >= 15 is 0 Å². The molecule has 0 aliphatic carbocycles. The lowest BCUT2D eigenvalue weighted by Crippen LogP contribution is -2.10. The van der Waals surface area contributed by atoms with Gasteiger partial charge in [0.05, 0.1) is 12.1 Å². The van der Waals surface area contributed by atoms with Gasteiger partial charge in [0.25, 0.3) is 0 Å². The molecule has 0 aliphatic rings. The van der Waals surface area contributed by atoms with Crippen molar-refractivity contribution in [2.75, 3.05) is 7.11 Å². The molecule has 1 aromatic carbocycles. The van der Waals surface area contributed by atoms with Crippen LogP contribution in [0.25, 0.3) is 0 Å². The molecule has 0 radical (unpaired) electrons. The molecule has 0 spiro atoms. The summed E-state index contributed by atoms with van der Waals surface area (Å²) < 4.78 is 5.13. The van der Waals surface area contributed by atoms with Gasteiger partial charge in [-0.05, 0) is 43.5 Å². The Morgan fingerprint density at radius 1 is 1.50 bits per heavy atom. The Kier molecular flexibility index (Phi) is 4.36. The van der Waals surface area contributed by atoms with E-state index in [2.05, 4.69) is 0 Å². The summed E-state index contributed by atoms with van der Waals surface area (Å²) in [6, 6.07) is 3.79. The highest BCUT2D eigenvalue weighted by Gasteiger charge is 2.12. The Morgan fingerprint density at radius 2 is 2.12 bits per heavy atom. The van der Waals surface area contributed by atoms with Crippen LogP contribution in [0.2, 0.25) is 5.02 Å². The molecule has 0 amide bonds. The molecule has 0 bridgehead atoms. The zero-order chi connectivity index (χ0) is 12.3. The summed E-state index contributed by atoms with van der Waals surface area (Å²) in [6.07, 6.45) is 0.727. The van der Waals surface area contributed by atoms with E-state index in [9.17, 15) is 4.79 Å². The van der Waals surface area contributed by atoms with E-state index in [-0.39, 0.29) is 11.7 Å². The zero-order valence-corrected chi connectivity index (χ0v) is 10.9. The van der Waals surface area contributed by atoms with E-state index in [4.69, 9.17) is 16.3 Å². The van der Waals surface area contributed by atoms with Crippen molar-refractivity contribution < 1.29 is 9.53 Å². The third-order valence-electron chi connectivity index (χ3n) is 2.83. The van der Waals surface area contributed by atoms with Crippen LogP contribution in [0.3, 0.4) is 0 Å². The molecule has 0 aromatic heterocycles. The minimum absolute atomic E-state index is 0.0307. The summed E-state index contributed by atoms with van der Waals surface area (Å²) in [7, 11) is 1.60. The largest absolute Gasteiger partial charge is 0.495 e. The van der Waals surface area contributed by atoms with Crippen LogP contribution in [0.5, 0.6) is 5.75 Å². The summed E-state index contributed by atoms with van der Waals surface area (Å²) >= 11 is 6.05. The smallest absolute Gasteiger partial charge is 0.137 e. The molecule has 1 aromatic rings. The van der Waals surface area contributed by atoms with Crippen molar-refractivity contribution in [3.05, 3.63) is 28.3 Å². The Balaban J connectivity index is 2.98. The van der Waals surface area contributed by atoms with Crippen molar-refractivity contribution in [3.8, 4) is 5.75 Å². The van der Waals surface area contributed by atoms with Gasteiger partial charge in [0, 0.05) is 5.92 Å². The SMILES string of the molecule is COc1cc(C)c(CC(C)C(C)=O)cc1Cl. The number of rotatable bonds is 4. The van der Waals surface area contributed by atoms with E-state index in [1.165, 1.54) is 0 Å². The molecule has 0 fully saturated rings. The quantitative estimate of drug-likeness (QED) is 0.806. The van der Waals surface area contributed by atoms with Crippen molar-refractivity contribution in [1.82, 2.24) is 0 Å². The fourth-order valence-electron chi connectivity index (χ4n) is 1.55. The maximum atomic E-state index is 11.2. The summed E-state index contributed by atoms with van der Waals surface area (Å²) in [5, 5.41) is 0.596. The average molecular weight is 241 g/mol. The second-order valence-corrected chi connectivity index (χ2v) is 4.54. The van der Waals surface area contributed by atoms with Crippen LogP contribution >= 0.6 is 11.6 Å². The van der Waals surface area contributed by atoms with Crippen LogP contribution in [0.4, 0.5) is 0 Å². The van der Waals surface area contributed by atoms with Crippen LogP contribution < -0.4 is 4.74 Å². The highest BCUT2D eigenvalue weighted by molar-refractivity contribution is 6.32. The molecule has 1 atom stereocenters. The van der Waals surface area contributed by atoms with Crippen LogP contribution in [-0.4, -0.2) is 12.9 Å². The number of carbonyl (C=O) groups is 1. The van der Waals surface area contributed by atoms with Gasteiger partial charge in [-0.15, -0.1) is 0 Å². The predicted octanol–water partition coefficient (Wildman–Crippen LogP) is 3.42. The zero-order valence-electron chi connectivity index (χ0n) is 10.1. The number of carbonyl (C=O) groups excluding carboxylic acids is 1. The molecule has 1 rings (SSSR count). The number of benzene rings is 1. The summed E-state index contributed by atoms with van der Waals surface area (Å²) in [6.45, 7) is 5.55. The molecule has 16 heavy (non-hydrogen) atoms. The molecule has 3 heteroatoms. The maximum Gasteiger partial charge on any atom is 0.137 e. The standard InChI is InChI=1S/C13H17ClO2/c1-8(10(3)15)5-11-7-12(14)13(16-4)6-9(11)2/h6-8H,5H2,1-4H3. The van der Waals surface area contributed by atoms with Gasteiger partial charge in [0.1, 0.15) is 11.5 Å². The molecule has 2 nitrogen and oxygen atoms in total. The molecular formula is C13H17ClO2. The first-order chi connectivity index (χ1) is 7.45. The molecule has 1 unspecified atom stereocenters. The molecule has 0 N–H and O–H groups in total. The average Bonchev–Trinajstić information content (AvgIpc) is 2.22. The lowest BCUT2D eigenvalue weighted by molar-refractivity contribution is -0.120. The van der Waals surface area contributed by atoms with E-state index in [0.29, 0.717) is 10.8 Å². The monoisotopic (exact) mass is 240 g/mol. The molecule has 0 aliphatic heterocycles. The molecule has 0 heterocycles. The van der Waals surface area contributed by atoms with Gasteiger partial charge in [0.15, 0.2) is 0 Å². The van der Waals surface area contributed by atoms with Crippen molar-refractivity contribution in [2.45, 2.75) is 27.2 Å². The lowest BCUT2D eigenvalue weighted by Gasteiger charge is -2.13.